The van der Waals surface area contributed by atoms with Crippen molar-refractivity contribution in [3.05, 3.63) is 29.3 Å². The van der Waals surface area contributed by atoms with Gasteiger partial charge in [0.25, 0.3) is 11.8 Å². The first-order valence-corrected chi connectivity index (χ1v) is 5.34. The first-order valence-electron chi connectivity index (χ1n) is 5.34. The van der Waals surface area contributed by atoms with Gasteiger partial charge in [0.2, 0.25) is 0 Å². The fourth-order valence-corrected chi connectivity index (χ4v) is 1.80. The molecule has 1 aromatic carbocycles. The minimum Gasteiger partial charge on any atom is -0.508 e. The van der Waals surface area contributed by atoms with Crippen molar-refractivity contribution in [3.63, 3.8) is 0 Å². The summed E-state index contributed by atoms with van der Waals surface area (Å²) in [6.45, 7) is 2.45. The Labute approximate surface area is 93.5 Å². The van der Waals surface area contributed by atoms with E-state index < -0.39 is 0 Å². The average Bonchev–Trinajstić information content (AvgIpc) is 2.50. The van der Waals surface area contributed by atoms with Gasteiger partial charge in [-0.15, -0.1) is 0 Å². The van der Waals surface area contributed by atoms with Crippen LogP contribution in [0.2, 0.25) is 0 Å². The van der Waals surface area contributed by atoms with E-state index in [0.29, 0.717) is 17.7 Å². The summed E-state index contributed by atoms with van der Waals surface area (Å²) in [5.74, 6) is -0.546. The minimum absolute atomic E-state index is 0.0113. The van der Waals surface area contributed by atoms with Gasteiger partial charge >= 0.3 is 0 Å². The molecule has 1 heterocycles. The van der Waals surface area contributed by atoms with Crippen LogP contribution in [0.15, 0.2) is 18.2 Å². The maximum atomic E-state index is 11.9. The lowest BCUT2D eigenvalue weighted by Gasteiger charge is -2.12. The van der Waals surface area contributed by atoms with Crippen molar-refractivity contribution in [2.24, 2.45) is 0 Å². The third kappa shape index (κ3) is 1.56. The zero-order valence-electron chi connectivity index (χ0n) is 9.06. The second kappa shape index (κ2) is 3.96. The number of carbonyl (C=O) groups is 2. The number of hydrogen-bond donors (Lipinski definition) is 1. The van der Waals surface area contributed by atoms with Crippen molar-refractivity contribution in [1.29, 1.82) is 0 Å². The number of amides is 2. The molecule has 0 spiro atoms. The Bertz CT molecular complexity index is 454. The maximum Gasteiger partial charge on any atom is 0.261 e. The van der Waals surface area contributed by atoms with Gasteiger partial charge in [0.1, 0.15) is 5.75 Å². The smallest absolute Gasteiger partial charge is 0.261 e. The van der Waals surface area contributed by atoms with Crippen LogP contribution in [0.1, 0.15) is 40.5 Å². The van der Waals surface area contributed by atoms with Crippen LogP contribution < -0.4 is 0 Å². The van der Waals surface area contributed by atoms with Gasteiger partial charge in [-0.1, -0.05) is 13.3 Å². The third-order valence-electron chi connectivity index (χ3n) is 2.69. The molecule has 1 aromatic rings. The molecule has 0 saturated heterocycles. The van der Waals surface area contributed by atoms with E-state index >= 15 is 0 Å². The number of aromatic hydroxyl groups is 1. The lowest BCUT2D eigenvalue weighted by atomic mass is 10.1. The van der Waals surface area contributed by atoms with Crippen LogP contribution in [0.3, 0.4) is 0 Å². The molecule has 2 rings (SSSR count). The number of carbonyl (C=O) groups excluding carboxylic acids is 2. The topological polar surface area (TPSA) is 57.6 Å². The zero-order valence-corrected chi connectivity index (χ0v) is 9.06. The number of rotatable bonds is 3. The summed E-state index contributed by atoms with van der Waals surface area (Å²) in [6, 6.07) is 4.27. The maximum absolute atomic E-state index is 11.9. The number of benzene rings is 1. The molecule has 4 nitrogen and oxygen atoms in total. The van der Waals surface area contributed by atoms with Gasteiger partial charge in [-0.2, -0.15) is 0 Å². The summed E-state index contributed by atoms with van der Waals surface area (Å²) < 4.78 is 0. The Hall–Kier alpha value is -1.84. The van der Waals surface area contributed by atoms with Crippen molar-refractivity contribution in [3.8, 4) is 5.75 Å². The van der Waals surface area contributed by atoms with Gasteiger partial charge in [0.15, 0.2) is 0 Å². The van der Waals surface area contributed by atoms with E-state index in [9.17, 15) is 14.7 Å². The number of phenols is 1. The summed E-state index contributed by atoms with van der Waals surface area (Å²) in [6.07, 6.45) is 1.73. The van der Waals surface area contributed by atoms with E-state index in [4.69, 9.17) is 0 Å². The average molecular weight is 219 g/mol. The largest absolute Gasteiger partial charge is 0.508 e. The van der Waals surface area contributed by atoms with Gasteiger partial charge in [0, 0.05) is 6.54 Å². The molecule has 2 amide bonds. The van der Waals surface area contributed by atoms with Gasteiger partial charge in [0.05, 0.1) is 11.1 Å². The molecule has 0 fully saturated rings. The van der Waals surface area contributed by atoms with Gasteiger partial charge in [-0.05, 0) is 24.6 Å². The first kappa shape index (κ1) is 10.7. The highest BCUT2D eigenvalue weighted by atomic mass is 16.3. The van der Waals surface area contributed by atoms with E-state index in [0.717, 1.165) is 12.8 Å². The van der Waals surface area contributed by atoms with Crippen LogP contribution in [-0.2, 0) is 0 Å². The fourth-order valence-electron chi connectivity index (χ4n) is 1.80. The van der Waals surface area contributed by atoms with Crippen LogP contribution in [-0.4, -0.2) is 28.4 Å². The van der Waals surface area contributed by atoms with Gasteiger partial charge in [-0.3, -0.25) is 14.5 Å². The fraction of sp³-hybridized carbons (Fsp3) is 0.333. The summed E-state index contributed by atoms with van der Waals surface area (Å²) in [5.41, 5.74) is 0.694. The predicted molar refractivity (Wildman–Crippen MR) is 58.4 cm³/mol. The van der Waals surface area contributed by atoms with E-state index in [1.807, 2.05) is 6.92 Å². The Kier molecular flexibility index (Phi) is 2.64. The second-order valence-corrected chi connectivity index (χ2v) is 3.85. The molecular weight excluding hydrogens is 206 g/mol. The highest BCUT2D eigenvalue weighted by Crippen LogP contribution is 2.26. The number of phenolic OH excluding ortho intramolecular Hbond substituents is 1. The summed E-state index contributed by atoms with van der Waals surface area (Å²) in [4.78, 5) is 25.0. The Morgan fingerprint density at radius 3 is 2.56 bits per heavy atom. The molecule has 1 aliphatic rings. The van der Waals surface area contributed by atoms with Crippen molar-refractivity contribution >= 4 is 11.8 Å². The molecule has 0 aromatic heterocycles. The normalized spacial score (nSPS) is 14.4. The number of fused-ring (bicyclic) bond motifs is 1. The first-order chi connectivity index (χ1) is 7.65. The van der Waals surface area contributed by atoms with Crippen LogP contribution in [0.4, 0.5) is 0 Å². The molecular formula is C12H13NO3. The van der Waals surface area contributed by atoms with Crippen molar-refractivity contribution < 1.29 is 14.7 Å². The molecule has 0 atom stereocenters. The quantitative estimate of drug-likeness (QED) is 0.788. The van der Waals surface area contributed by atoms with E-state index in [-0.39, 0.29) is 17.6 Å². The van der Waals surface area contributed by atoms with Crippen LogP contribution in [0.25, 0.3) is 0 Å². The second-order valence-electron chi connectivity index (χ2n) is 3.85. The molecule has 1 N–H and O–H groups in total. The molecule has 0 bridgehead atoms. The summed E-state index contributed by atoms with van der Waals surface area (Å²) in [7, 11) is 0. The van der Waals surface area contributed by atoms with Crippen molar-refractivity contribution in [2.45, 2.75) is 19.8 Å². The standard InChI is InChI=1S/C12H13NO3/c1-2-3-6-13-11(15)9-5-4-8(14)7-10(9)12(13)16/h4-5,7,14H,2-3,6H2,1H3. The number of hydrogen-bond acceptors (Lipinski definition) is 3. The van der Waals surface area contributed by atoms with Crippen LogP contribution in [0.5, 0.6) is 5.75 Å². The summed E-state index contributed by atoms with van der Waals surface area (Å²) >= 11 is 0. The molecule has 1 aliphatic heterocycles. The number of nitrogens with zero attached hydrogens (tertiary/aromatic N) is 1. The molecule has 0 radical (unpaired) electrons. The molecule has 0 aliphatic carbocycles. The van der Waals surface area contributed by atoms with E-state index in [2.05, 4.69) is 0 Å². The Morgan fingerprint density at radius 2 is 1.88 bits per heavy atom. The monoisotopic (exact) mass is 219 g/mol. The van der Waals surface area contributed by atoms with Crippen LogP contribution in [0, 0.1) is 0 Å². The molecule has 0 unspecified atom stereocenters. The zero-order chi connectivity index (χ0) is 11.7. The molecule has 4 heteroatoms. The molecule has 0 saturated carbocycles. The lowest BCUT2D eigenvalue weighted by molar-refractivity contribution is 0.0652. The van der Waals surface area contributed by atoms with E-state index in [1.54, 1.807) is 0 Å². The Morgan fingerprint density at radius 1 is 1.19 bits per heavy atom. The van der Waals surface area contributed by atoms with Crippen molar-refractivity contribution in [1.82, 2.24) is 4.90 Å². The van der Waals surface area contributed by atoms with Gasteiger partial charge < -0.3 is 5.11 Å². The van der Waals surface area contributed by atoms with Gasteiger partial charge in [-0.25, -0.2) is 0 Å². The van der Waals surface area contributed by atoms with E-state index in [1.165, 1.54) is 23.1 Å². The summed E-state index contributed by atoms with van der Waals surface area (Å²) in [5, 5.41) is 9.28. The van der Waals surface area contributed by atoms with Crippen LogP contribution >= 0.6 is 0 Å². The molecule has 84 valence electrons. The lowest BCUT2D eigenvalue weighted by Crippen LogP contribution is -2.30. The molecule has 16 heavy (non-hydrogen) atoms. The van der Waals surface area contributed by atoms with Crippen molar-refractivity contribution in [2.75, 3.05) is 6.54 Å². The highest BCUT2D eigenvalue weighted by Gasteiger charge is 2.34. The third-order valence-corrected chi connectivity index (χ3v) is 2.69. The Balaban J connectivity index is 2.33. The minimum atomic E-state index is -0.302. The SMILES string of the molecule is CCCCN1C(=O)c2ccc(O)cc2C1=O. The predicted octanol–water partition coefficient (Wildman–Crippen LogP) is 1.79. The number of unbranched alkanes of at least 4 members (excludes halogenated alkanes) is 1. The number of imide groups is 1. The highest BCUT2D eigenvalue weighted by molar-refractivity contribution is 6.21.